The summed E-state index contributed by atoms with van der Waals surface area (Å²) in [4.78, 5) is 19.9. The number of hydrogen-bond donors (Lipinski definition) is 0. The van der Waals surface area contributed by atoms with Crippen molar-refractivity contribution in [3.05, 3.63) is 40.9 Å². The second kappa shape index (κ2) is 14.0. The van der Waals surface area contributed by atoms with Gasteiger partial charge in [-0.1, -0.05) is 112 Å². The van der Waals surface area contributed by atoms with Crippen LogP contribution in [0.1, 0.15) is 79.1 Å². The largest absolute Gasteiger partial charge is 0.476 e. The summed E-state index contributed by atoms with van der Waals surface area (Å²) in [5.74, 6) is 1.37. The van der Waals surface area contributed by atoms with Crippen molar-refractivity contribution in [2.45, 2.75) is 79.1 Å². The molecule has 5 rings (SSSR count). The van der Waals surface area contributed by atoms with Crippen LogP contribution in [0, 0.1) is 11.8 Å². The molecule has 0 bridgehead atoms. The molecule has 5 aromatic rings. The number of benzene rings is 3. The summed E-state index contributed by atoms with van der Waals surface area (Å²) in [6, 6.07) is 13.2. The molecule has 2 heterocycles. The number of unbranched alkanes of at least 4 members (excludes halogenated alkanes) is 2. The Morgan fingerprint density at radius 2 is 1.31 bits per heavy atom. The van der Waals surface area contributed by atoms with Crippen molar-refractivity contribution >= 4 is 73.0 Å². The summed E-state index contributed by atoms with van der Waals surface area (Å²) in [7, 11) is 2.11. The quantitative estimate of drug-likeness (QED) is 0.0703. The highest BCUT2D eigenvalue weighted by Gasteiger charge is 2.20. The van der Waals surface area contributed by atoms with E-state index in [1.54, 1.807) is 0 Å². The summed E-state index contributed by atoms with van der Waals surface area (Å²) in [6.07, 6.45) is 9.12. The first-order chi connectivity index (χ1) is 20.4. The van der Waals surface area contributed by atoms with Crippen LogP contribution >= 0.6 is 15.9 Å². The predicted molar refractivity (Wildman–Crippen MR) is 181 cm³/mol. The molecular weight excluding hydrogens is 587 g/mol. The molecule has 3 aromatic carbocycles. The van der Waals surface area contributed by atoms with Crippen molar-refractivity contribution in [1.82, 2.24) is 19.9 Å². The van der Waals surface area contributed by atoms with Gasteiger partial charge in [-0.25, -0.2) is 9.97 Å². The van der Waals surface area contributed by atoms with Gasteiger partial charge in [-0.2, -0.15) is 9.97 Å². The van der Waals surface area contributed by atoms with E-state index >= 15 is 0 Å². The maximum atomic E-state index is 6.46. The third-order valence-electron chi connectivity index (χ3n) is 8.43. The fourth-order valence-electron chi connectivity index (χ4n) is 5.67. The molecule has 0 N–H and O–H groups in total. The van der Waals surface area contributed by atoms with Crippen LogP contribution in [0.2, 0.25) is 0 Å². The molecule has 220 valence electrons. The number of halogens is 1. The van der Waals surface area contributed by atoms with Crippen molar-refractivity contribution in [2.75, 3.05) is 13.2 Å². The Labute approximate surface area is 258 Å². The SMILES string of the molecule is Bc1ccc2c3ccc(Br)cc3c3nc4c(OCC(CC)CCCC)nc(OCC(CC)CCCC)nc4nc3c2c1. The molecule has 0 amide bonds. The Hall–Kier alpha value is -3.00. The lowest BCUT2D eigenvalue weighted by Gasteiger charge is -2.18. The van der Waals surface area contributed by atoms with Gasteiger partial charge in [0.05, 0.1) is 24.2 Å². The molecule has 8 heteroatoms. The molecule has 0 aliphatic carbocycles. The molecule has 0 aliphatic rings. The minimum Gasteiger partial charge on any atom is -0.476 e. The lowest BCUT2D eigenvalue weighted by atomic mass is 9.91. The van der Waals surface area contributed by atoms with E-state index in [2.05, 4.69) is 87.9 Å². The first kappa shape index (κ1) is 30.5. The lowest BCUT2D eigenvalue weighted by Crippen LogP contribution is -2.15. The standard InChI is InChI=1S/C34H42BBrN4O2/c1-5-9-11-21(7-3)19-41-33-31-32(39-34(40-33)42-20-22(8-4)12-10-6-2)38-30-27-17-23(35)13-15-25(27)26-16-14-24(36)18-28(26)29(30)37-31/h13-18,21-22H,5-12,19-20,35H2,1-4H3. The van der Waals surface area contributed by atoms with Crippen molar-refractivity contribution in [3.63, 3.8) is 0 Å². The normalized spacial score (nSPS) is 13.3. The molecule has 0 fully saturated rings. The first-order valence-electron chi connectivity index (χ1n) is 15.7. The van der Waals surface area contributed by atoms with Crippen LogP contribution in [0.15, 0.2) is 40.9 Å². The second-order valence-corrected chi connectivity index (χ2v) is 12.5. The Morgan fingerprint density at radius 3 is 1.98 bits per heavy atom. The molecular formula is C34H42BBrN4O2. The Morgan fingerprint density at radius 1 is 0.690 bits per heavy atom. The first-order valence-corrected chi connectivity index (χ1v) is 16.5. The van der Waals surface area contributed by atoms with E-state index in [9.17, 15) is 0 Å². The number of hydrogen-bond acceptors (Lipinski definition) is 6. The highest BCUT2D eigenvalue weighted by Crippen LogP contribution is 2.36. The summed E-state index contributed by atoms with van der Waals surface area (Å²) in [6.45, 7) is 10.1. The molecule has 0 saturated heterocycles. The topological polar surface area (TPSA) is 70.0 Å². The molecule has 42 heavy (non-hydrogen) atoms. The third-order valence-corrected chi connectivity index (χ3v) is 8.92. The van der Waals surface area contributed by atoms with Gasteiger partial charge < -0.3 is 9.47 Å². The van der Waals surface area contributed by atoms with Gasteiger partial charge in [-0.3, -0.25) is 0 Å². The van der Waals surface area contributed by atoms with E-state index in [0.717, 1.165) is 62.7 Å². The van der Waals surface area contributed by atoms with Gasteiger partial charge in [0.1, 0.15) is 7.85 Å². The van der Waals surface area contributed by atoms with Gasteiger partial charge in [-0.15, -0.1) is 0 Å². The van der Waals surface area contributed by atoms with Gasteiger partial charge in [-0.05, 0) is 47.6 Å². The van der Waals surface area contributed by atoms with Crippen molar-refractivity contribution < 1.29 is 9.47 Å². The maximum absolute atomic E-state index is 6.46. The maximum Gasteiger partial charge on any atom is 0.321 e. The molecule has 0 radical (unpaired) electrons. The summed E-state index contributed by atoms with van der Waals surface area (Å²) in [5, 5.41) is 4.39. The van der Waals surface area contributed by atoms with Crippen LogP contribution in [0.4, 0.5) is 0 Å². The lowest BCUT2D eigenvalue weighted by molar-refractivity contribution is 0.204. The van der Waals surface area contributed by atoms with Crippen molar-refractivity contribution in [1.29, 1.82) is 0 Å². The average molecular weight is 629 g/mol. The molecule has 6 nitrogen and oxygen atoms in total. The molecule has 2 unspecified atom stereocenters. The van der Waals surface area contributed by atoms with E-state index in [1.165, 1.54) is 31.1 Å². The fraction of sp³-hybridized carbons (Fsp3) is 0.471. The smallest absolute Gasteiger partial charge is 0.321 e. The molecule has 0 aliphatic heterocycles. The van der Waals surface area contributed by atoms with E-state index in [4.69, 9.17) is 29.4 Å². The fourth-order valence-corrected chi connectivity index (χ4v) is 6.03. The Kier molecular flexibility index (Phi) is 10.1. The van der Waals surface area contributed by atoms with Gasteiger partial charge in [0.2, 0.25) is 5.88 Å². The zero-order valence-electron chi connectivity index (χ0n) is 25.7. The van der Waals surface area contributed by atoms with Crippen LogP contribution in [0.5, 0.6) is 11.9 Å². The Balaban J connectivity index is 1.67. The zero-order chi connectivity index (χ0) is 29.6. The Bertz CT molecular complexity index is 1700. The number of fused-ring (bicyclic) bond motifs is 7. The van der Waals surface area contributed by atoms with Crippen LogP contribution in [-0.4, -0.2) is 41.0 Å². The number of ether oxygens (including phenoxy) is 2. The summed E-state index contributed by atoms with van der Waals surface area (Å²) >= 11 is 3.67. The molecule has 0 saturated carbocycles. The minimum absolute atomic E-state index is 0.312. The molecule has 2 aromatic heterocycles. The van der Waals surface area contributed by atoms with Crippen LogP contribution in [0.25, 0.3) is 43.7 Å². The average Bonchev–Trinajstić information content (AvgIpc) is 3.00. The van der Waals surface area contributed by atoms with Crippen molar-refractivity contribution in [3.8, 4) is 11.9 Å². The third kappa shape index (κ3) is 6.64. The van der Waals surface area contributed by atoms with E-state index < -0.39 is 0 Å². The zero-order valence-corrected chi connectivity index (χ0v) is 27.3. The van der Waals surface area contributed by atoms with Gasteiger partial charge >= 0.3 is 6.01 Å². The second-order valence-electron chi connectivity index (χ2n) is 11.6. The van der Waals surface area contributed by atoms with Crippen LogP contribution < -0.4 is 14.9 Å². The summed E-state index contributed by atoms with van der Waals surface area (Å²) in [5.41, 5.74) is 3.90. The molecule has 0 spiro atoms. The number of nitrogens with zero attached hydrogens (tertiary/aromatic N) is 4. The van der Waals surface area contributed by atoms with E-state index in [-0.39, 0.29) is 0 Å². The number of aromatic nitrogens is 4. The monoisotopic (exact) mass is 628 g/mol. The summed E-state index contributed by atoms with van der Waals surface area (Å²) < 4.78 is 13.7. The van der Waals surface area contributed by atoms with Gasteiger partial charge in [0.15, 0.2) is 11.2 Å². The highest BCUT2D eigenvalue weighted by molar-refractivity contribution is 9.10. The minimum atomic E-state index is 0.312. The van der Waals surface area contributed by atoms with E-state index in [0.29, 0.717) is 48.1 Å². The van der Waals surface area contributed by atoms with E-state index in [1.807, 2.05) is 0 Å². The number of rotatable bonds is 14. The predicted octanol–water partition coefficient (Wildman–Crippen LogP) is 8.09. The van der Waals surface area contributed by atoms with Crippen molar-refractivity contribution in [2.24, 2.45) is 11.8 Å². The highest BCUT2D eigenvalue weighted by atomic mass is 79.9. The van der Waals surface area contributed by atoms with Gasteiger partial charge in [0.25, 0.3) is 0 Å². The van der Waals surface area contributed by atoms with Crippen LogP contribution in [0.3, 0.4) is 0 Å². The van der Waals surface area contributed by atoms with Crippen LogP contribution in [-0.2, 0) is 0 Å². The molecule has 2 atom stereocenters. The van der Waals surface area contributed by atoms with Gasteiger partial charge in [0, 0.05) is 15.2 Å².